The van der Waals surface area contributed by atoms with Gasteiger partial charge in [-0.3, -0.25) is 44.0 Å². The molecule has 5 fully saturated rings. The smallest absolute Gasteiger partial charge is 0.337 e. The lowest BCUT2D eigenvalue weighted by molar-refractivity contribution is -0.141. The molecule has 6 aromatic rings. The molecule has 0 radical (unpaired) electrons. The van der Waals surface area contributed by atoms with Crippen LogP contribution in [0, 0.1) is 29.6 Å². The van der Waals surface area contributed by atoms with Gasteiger partial charge in [-0.05, 0) is 137 Å². The van der Waals surface area contributed by atoms with Crippen molar-refractivity contribution in [1.29, 1.82) is 0 Å². The van der Waals surface area contributed by atoms with Crippen LogP contribution in [0.2, 0.25) is 0 Å². The maximum atomic E-state index is 12.7. The molecule has 6 aromatic carbocycles. The number of fused-ring (bicyclic) bond motifs is 6. The molecule has 11 aliphatic heterocycles. The summed E-state index contributed by atoms with van der Waals surface area (Å²) in [6, 6.07) is 30.9. The summed E-state index contributed by atoms with van der Waals surface area (Å²) in [5.41, 5.74) is 11.2. The maximum Gasteiger partial charge on any atom is 0.337 e. The van der Waals surface area contributed by atoms with E-state index >= 15 is 0 Å². The summed E-state index contributed by atoms with van der Waals surface area (Å²) < 4.78 is 79.9. The van der Waals surface area contributed by atoms with Crippen LogP contribution in [-0.2, 0) is 106 Å². The van der Waals surface area contributed by atoms with E-state index in [4.69, 9.17) is 76.7 Å². The number of nitrogens with one attached hydrogen (secondary N) is 3. The zero-order valence-corrected chi connectivity index (χ0v) is 73.9. The van der Waals surface area contributed by atoms with E-state index in [0.29, 0.717) is 200 Å². The molecule has 11 aliphatic rings. The highest BCUT2D eigenvalue weighted by Crippen LogP contribution is 2.34. The summed E-state index contributed by atoms with van der Waals surface area (Å²) in [4.78, 5) is 141. The standard InChI is InChI=1S/3C17H21NO5.2C16H20N2O5.C11H13NO3/c3*1-21-17(20)12-4-5-13-10-18(6-8-23-15(13)9-12)16(19)14-3-2-7-22-11-14;2*19-15(17-21)11-3-4-12-9-18(5-7-23-14(12)8-11)16(20)13-2-1-6-22-10-13;1-14-11(13)8-2-3-9-7-12-4-5-15-10(9)6-8/h3*4-5,9,14H,2-3,6-8,10-11H2,1H3;2*3-4,8,13,21H,1-2,5-7,9-10H2,(H,17,19);2-3,6,12H,4-5,7H2,1H3/t2*14-;;2*13-;/m10.10./s1. The molecular weight excluding hydrogens is 1690 g/mol. The first-order valence-corrected chi connectivity index (χ1v) is 44.0. The van der Waals surface area contributed by atoms with Crippen molar-refractivity contribution < 1.29 is 134 Å². The van der Waals surface area contributed by atoms with Crippen molar-refractivity contribution >= 4 is 65.2 Å². The van der Waals surface area contributed by atoms with E-state index in [-0.39, 0.29) is 65.1 Å². The largest absolute Gasteiger partial charge is 0.492 e. The number of esters is 4. The molecule has 36 heteroatoms. The van der Waals surface area contributed by atoms with Gasteiger partial charge in [0.2, 0.25) is 29.5 Å². The summed E-state index contributed by atoms with van der Waals surface area (Å²) in [5.74, 6) is 1.37. The van der Waals surface area contributed by atoms with Crippen molar-refractivity contribution in [2.24, 2.45) is 29.6 Å². The third kappa shape index (κ3) is 26.6. The van der Waals surface area contributed by atoms with E-state index in [1.165, 1.54) is 28.4 Å². The molecule has 0 aromatic heterocycles. The van der Waals surface area contributed by atoms with Crippen LogP contribution in [0.3, 0.4) is 0 Å². The van der Waals surface area contributed by atoms with Gasteiger partial charge in [0.15, 0.2) is 0 Å². The Labute approximate surface area is 753 Å². The van der Waals surface area contributed by atoms with E-state index in [1.54, 1.807) is 106 Å². The number of ether oxygens (including phenoxy) is 15. The van der Waals surface area contributed by atoms with Gasteiger partial charge in [0.1, 0.15) is 74.1 Å². The summed E-state index contributed by atoms with van der Waals surface area (Å²) in [6.07, 6.45) is 8.98. The van der Waals surface area contributed by atoms with Crippen molar-refractivity contribution in [2.75, 3.05) is 173 Å². The number of hydrogen-bond donors (Lipinski definition) is 5. The SMILES string of the molecule is COC(=O)c1ccc2c(c1)OCCN(C(=O)C1CCCOC1)C2.COC(=O)c1ccc2c(c1)OCCN(C(=O)[C@@H]1CCCOC1)C2.COC(=O)c1ccc2c(c1)OCCN(C(=O)[C@H]1CCCOC1)C2.COC(=O)c1ccc2c(c1)OCCNC2.O=C(NO)c1ccc2c(c1)OCCN(C(=O)[C@@H]1CCCOC1)C2.O=C(NO)c1ccc2c(c1)OCCN(C(=O)[C@H]1CCCOC1)C2. The van der Waals surface area contributed by atoms with Crippen LogP contribution < -0.4 is 44.7 Å². The fraction of sp³-hybridized carbons (Fsp3) is 0.500. The lowest BCUT2D eigenvalue weighted by Crippen LogP contribution is -2.40. The van der Waals surface area contributed by atoms with Crippen molar-refractivity contribution in [3.8, 4) is 34.5 Å². The van der Waals surface area contributed by atoms with Gasteiger partial charge >= 0.3 is 23.9 Å². The topological polar surface area (TPSA) is 419 Å². The summed E-state index contributed by atoms with van der Waals surface area (Å²) in [7, 11) is 5.42. The molecule has 0 aliphatic carbocycles. The van der Waals surface area contributed by atoms with E-state index in [1.807, 2.05) is 39.0 Å². The zero-order chi connectivity index (χ0) is 91.8. The van der Waals surface area contributed by atoms with E-state index in [9.17, 15) is 52.7 Å². The van der Waals surface area contributed by atoms with Crippen LogP contribution in [0.25, 0.3) is 0 Å². The number of hydrogen-bond acceptors (Lipinski definition) is 29. The van der Waals surface area contributed by atoms with Crippen LogP contribution >= 0.6 is 0 Å². The van der Waals surface area contributed by atoms with Crippen LogP contribution in [0.15, 0.2) is 109 Å². The van der Waals surface area contributed by atoms with Gasteiger partial charge in [-0.15, -0.1) is 0 Å². The minimum Gasteiger partial charge on any atom is -0.492 e. The van der Waals surface area contributed by atoms with Crippen molar-refractivity contribution in [2.45, 2.75) is 103 Å². The minimum absolute atomic E-state index is 0.0559. The number of methoxy groups -OCH3 is 4. The number of nitrogens with zero attached hydrogens (tertiary/aromatic N) is 5. The predicted octanol–water partition coefficient (Wildman–Crippen LogP) is 7.72. The number of hydroxylamine groups is 2. The van der Waals surface area contributed by atoms with Gasteiger partial charge in [-0.25, -0.2) is 30.1 Å². The molecule has 5 saturated heterocycles. The first kappa shape index (κ1) is 97.0. The average molecular weight is 1810 g/mol. The van der Waals surface area contributed by atoms with Gasteiger partial charge in [-0.1, -0.05) is 36.4 Å². The Balaban J connectivity index is 0.000000142. The Kier molecular flexibility index (Phi) is 36.7. The molecule has 36 nitrogen and oxygen atoms in total. The number of benzene rings is 6. The number of amides is 7. The number of carbonyl (C=O) groups excluding carboxylic acids is 11. The second-order valence-corrected chi connectivity index (χ2v) is 32.4. The molecule has 0 bridgehead atoms. The Bertz CT molecular complexity index is 4290. The quantitative estimate of drug-likeness (QED) is 0.0358. The number of carbonyl (C=O) groups is 11. The van der Waals surface area contributed by atoms with Crippen LogP contribution in [0.4, 0.5) is 0 Å². The molecule has 7 amide bonds. The fourth-order valence-corrected chi connectivity index (χ4v) is 16.4. The summed E-state index contributed by atoms with van der Waals surface area (Å²) in [5, 5.41) is 20.6. The number of rotatable bonds is 11. The first-order valence-electron chi connectivity index (χ1n) is 44.0. The Hall–Kier alpha value is -12.0. The minimum atomic E-state index is -0.590. The van der Waals surface area contributed by atoms with Crippen molar-refractivity contribution in [3.63, 3.8) is 0 Å². The van der Waals surface area contributed by atoms with E-state index in [0.717, 1.165) is 149 Å². The molecule has 0 saturated carbocycles. The highest BCUT2D eigenvalue weighted by molar-refractivity contribution is 5.95. The zero-order valence-electron chi connectivity index (χ0n) is 73.9. The molecule has 1 unspecified atom stereocenters. The molecular formula is C94H116N8O28. The van der Waals surface area contributed by atoms with Gasteiger partial charge in [0.05, 0.1) is 146 Å². The molecule has 5 N–H and O–H groups in total. The summed E-state index contributed by atoms with van der Waals surface area (Å²) >= 11 is 0. The van der Waals surface area contributed by atoms with E-state index < -0.39 is 29.7 Å². The van der Waals surface area contributed by atoms with Crippen LogP contribution in [-0.4, -0.2) is 274 Å². The highest BCUT2D eigenvalue weighted by atomic mass is 16.5. The normalized spacial score (nSPS) is 20.2. The second kappa shape index (κ2) is 49.1. The predicted molar refractivity (Wildman–Crippen MR) is 462 cm³/mol. The molecule has 0 spiro atoms. The van der Waals surface area contributed by atoms with Crippen LogP contribution in [0.1, 0.15) is 160 Å². The lowest BCUT2D eigenvalue weighted by Gasteiger charge is -2.28. The maximum absolute atomic E-state index is 12.7. The van der Waals surface area contributed by atoms with Gasteiger partial charge < -0.3 is 101 Å². The van der Waals surface area contributed by atoms with Crippen LogP contribution in [0.5, 0.6) is 34.5 Å². The third-order valence-electron chi connectivity index (χ3n) is 23.7. The van der Waals surface area contributed by atoms with E-state index in [2.05, 4.69) is 10.1 Å². The van der Waals surface area contributed by atoms with Crippen molar-refractivity contribution in [3.05, 3.63) is 176 Å². The van der Waals surface area contributed by atoms with Gasteiger partial charge in [0, 0.05) is 123 Å². The Morgan fingerprint density at radius 3 is 0.738 bits per heavy atom. The highest BCUT2D eigenvalue weighted by Gasteiger charge is 2.36. The third-order valence-corrected chi connectivity index (χ3v) is 23.7. The fourth-order valence-electron chi connectivity index (χ4n) is 16.4. The molecule has 130 heavy (non-hydrogen) atoms. The molecule has 700 valence electrons. The van der Waals surface area contributed by atoms with Gasteiger partial charge in [0.25, 0.3) is 11.8 Å². The summed E-state index contributed by atoms with van der Waals surface area (Å²) in [6.45, 7) is 15.4. The average Bonchev–Trinajstić information content (AvgIpc) is 1.60. The molecule has 5 atom stereocenters. The second-order valence-electron chi connectivity index (χ2n) is 32.4. The van der Waals surface area contributed by atoms with Gasteiger partial charge in [-0.2, -0.15) is 0 Å². The van der Waals surface area contributed by atoms with Crippen molar-refractivity contribution in [1.82, 2.24) is 40.8 Å². The monoisotopic (exact) mass is 1800 g/mol. The Morgan fingerprint density at radius 2 is 0.515 bits per heavy atom. The molecule has 17 rings (SSSR count). The molecule has 11 heterocycles. The lowest BCUT2D eigenvalue weighted by atomic mass is 10.00. The Morgan fingerprint density at radius 1 is 0.300 bits per heavy atom. The first-order chi connectivity index (χ1) is 63.2.